The third-order valence-corrected chi connectivity index (χ3v) is 6.75. The summed E-state index contributed by atoms with van der Waals surface area (Å²) in [5.74, 6) is 0.0719. The Bertz CT molecular complexity index is 1550. The number of nitrogens with zero attached hydrogens (tertiary/aromatic N) is 8. The fourth-order valence-electron chi connectivity index (χ4n) is 4.58. The lowest BCUT2D eigenvalue weighted by Gasteiger charge is -2.37. The topological polar surface area (TPSA) is 155 Å². The van der Waals surface area contributed by atoms with Crippen LogP contribution in [0.2, 0.25) is 0 Å². The Kier molecular flexibility index (Phi) is 6.56. The van der Waals surface area contributed by atoms with Gasteiger partial charge in [0, 0.05) is 25.3 Å². The van der Waals surface area contributed by atoms with E-state index in [-0.39, 0.29) is 12.0 Å². The highest BCUT2D eigenvalue weighted by atomic mass is 16.5. The molecule has 196 valence electrons. The number of nitrogens with one attached hydrogen (secondary N) is 1. The number of nitriles is 1. The van der Waals surface area contributed by atoms with Crippen LogP contribution in [-0.2, 0) is 16.1 Å². The second-order valence-corrected chi connectivity index (χ2v) is 9.59. The smallest absolute Gasteiger partial charge is 0.310 e. The van der Waals surface area contributed by atoms with Gasteiger partial charge in [0.25, 0.3) is 0 Å². The maximum atomic E-state index is 11.1. The van der Waals surface area contributed by atoms with E-state index in [9.17, 15) is 10.1 Å². The highest BCUT2D eigenvalue weighted by Gasteiger charge is 2.33. The molecule has 0 radical (unpaired) electrons. The number of aliphatic carboxylic acids is 1. The van der Waals surface area contributed by atoms with Crippen LogP contribution in [0.5, 0.6) is 0 Å². The Morgan fingerprint density at radius 1 is 1.10 bits per heavy atom. The van der Waals surface area contributed by atoms with Crippen LogP contribution in [0.15, 0.2) is 54.7 Å². The number of anilines is 2. The summed E-state index contributed by atoms with van der Waals surface area (Å²) < 4.78 is 7.17. The van der Waals surface area contributed by atoms with E-state index in [4.69, 9.17) is 19.8 Å². The van der Waals surface area contributed by atoms with E-state index in [0.717, 1.165) is 23.5 Å². The molecular formula is C27H25N9O3. The number of benzene rings is 1. The number of aromatic nitrogens is 6. The maximum Gasteiger partial charge on any atom is 0.310 e. The second kappa shape index (κ2) is 10.5. The molecule has 12 nitrogen and oxygen atoms in total. The lowest BCUT2D eigenvalue weighted by Crippen LogP contribution is -2.50. The molecule has 0 bridgehead atoms. The average molecular weight is 524 g/mol. The predicted octanol–water partition coefficient (Wildman–Crippen LogP) is 2.44. The number of ether oxygens (including phenoxy) is 1. The number of hydrogen-bond acceptors (Lipinski definition) is 10. The van der Waals surface area contributed by atoms with Crippen LogP contribution in [0.4, 0.5) is 11.8 Å². The highest BCUT2D eigenvalue weighted by molar-refractivity contribution is 5.74. The number of carboxylic acid groups (broad SMARTS) is 1. The summed E-state index contributed by atoms with van der Waals surface area (Å²) in [5.41, 5.74) is 3.96. The van der Waals surface area contributed by atoms with Gasteiger partial charge in [-0.05, 0) is 36.8 Å². The summed E-state index contributed by atoms with van der Waals surface area (Å²) in [7, 11) is 0. The van der Waals surface area contributed by atoms with Crippen molar-refractivity contribution in [2.75, 3.05) is 36.5 Å². The van der Waals surface area contributed by atoms with Gasteiger partial charge >= 0.3 is 5.97 Å². The van der Waals surface area contributed by atoms with Crippen molar-refractivity contribution in [1.29, 1.82) is 5.26 Å². The molecule has 0 unspecified atom stereocenters. The lowest BCUT2D eigenvalue weighted by molar-refractivity contribution is -0.142. The van der Waals surface area contributed by atoms with Gasteiger partial charge in [-0.15, -0.1) is 5.10 Å². The molecule has 2 N–H and O–H groups in total. The number of hydrogen-bond donors (Lipinski definition) is 2. The molecular weight excluding hydrogens is 498 g/mol. The Morgan fingerprint density at radius 3 is 2.74 bits per heavy atom. The molecule has 6 rings (SSSR count). The van der Waals surface area contributed by atoms with Gasteiger partial charge in [0.2, 0.25) is 5.95 Å². The second-order valence-electron chi connectivity index (χ2n) is 9.59. The Hall–Kier alpha value is -4.89. The molecule has 12 heteroatoms. The first kappa shape index (κ1) is 24.4. The van der Waals surface area contributed by atoms with Gasteiger partial charge in [0.1, 0.15) is 11.5 Å². The first-order chi connectivity index (χ1) is 19.0. The zero-order valence-electron chi connectivity index (χ0n) is 20.9. The van der Waals surface area contributed by atoms with Crippen LogP contribution >= 0.6 is 0 Å². The maximum absolute atomic E-state index is 11.1. The Balaban J connectivity index is 1.25. The van der Waals surface area contributed by atoms with Gasteiger partial charge < -0.3 is 20.1 Å². The van der Waals surface area contributed by atoms with E-state index in [0.29, 0.717) is 61.4 Å². The molecule has 0 saturated carbocycles. The summed E-state index contributed by atoms with van der Waals surface area (Å²) in [6.07, 6.45) is 2.67. The normalized spacial score (nSPS) is 17.0. The summed E-state index contributed by atoms with van der Waals surface area (Å²) in [6.45, 7) is 2.58. The standard InChI is InChI=1S/C27H25N9O3/c28-11-17-3-1-4-18(9-17)22-10-23(32-27(31-22)30-21-7-8-39-16-21)24-15-36(34-33-24)14-20-5-2-6-25(29-20)35-12-19(13-35)26(37)38/h1-6,9-10,15,19,21H,7-8,12-14,16H2,(H,37,38)(H,30,31,32)/t21-/m1/s1. The van der Waals surface area contributed by atoms with Gasteiger partial charge in [0.15, 0.2) is 0 Å². The molecule has 39 heavy (non-hydrogen) atoms. The first-order valence-corrected chi connectivity index (χ1v) is 12.6. The number of carbonyl (C=O) groups is 1. The fraction of sp³-hybridized carbons (Fsp3) is 0.296. The molecule has 0 aliphatic carbocycles. The monoisotopic (exact) mass is 523 g/mol. The van der Waals surface area contributed by atoms with Crippen LogP contribution < -0.4 is 10.2 Å². The van der Waals surface area contributed by atoms with Gasteiger partial charge in [-0.1, -0.05) is 23.4 Å². The summed E-state index contributed by atoms with van der Waals surface area (Å²) >= 11 is 0. The van der Waals surface area contributed by atoms with Gasteiger partial charge in [-0.25, -0.2) is 19.6 Å². The van der Waals surface area contributed by atoms with Crippen molar-refractivity contribution >= 4 is 17.7 Å². The summed E-state index contributed by atoms with van der Waals surface area (Å²) in [4.78, 5) is 27.2. The van der Waals surface area contributed by atoms with Crippen molar-refractivity contribution in [2.24, 2.45) is 5.92 Å². The number of pyridine rings is 1. The molecule has 2 fully saturated rings. The molecule has 3 aromatic heterocycles. The van der Waals surface area contributed by atoms with Crippen LogP contribution in [0.25, 0.3) is 22.6 Å². The minimum Gasteiger partial charge on any atom is -0.481 e. The number of rotatable bonds is 8. The molecule has 2 saturated heterocycles. The SMILES string of the molecule is N#Cc1cccc(-c2cc(-c3cn(Cc4cccc(N5CC(C(=O)O)C5)n4)nn3)nc(N[C@@H]3CCOC3)n2)c1. The molecule has 0 amide bonds. The van der Waals surface area contributed by atoms with Crippen molar-refractivity contribution in [2.45, 2.75) is 19.0 Å². The third kappa shape index (κ3) is 5.39. The van der Waals surface area contributed by atoms with E-state index in [1.165, 1.54) is 0 Å². The molecule has 1 aromatic carbocycles. The van der Waals surface area contributed by atoms with Gasteiger partial charge in [-0.2, -0.15) is 5.26 Å². The van der Waals surface area contributed by atoms with E-state index in [2.05, 4.69) is 26.7 Å². The van der Waals surface area contributed by atoms with Crippen molar-refractivity contribution in [3.05, 3.63) is 66.0 Å². The van der Waals surface area contributed by atoms with Gasteiger partial charge in [0.05, 0.1) is 60.0 Å². The van der Waals surface area contributed by atoms with E-state index in [1.807, 2.05) is 41.3 Å². The van der Waals surface area contributed by atoms with Crippen molar-refractivity contribution in [3.8, 4) is 28.7 Å². The zero-order valence-corrected chi connectivity index (χ0v) is 20.9. The fourth-order valence-corrected chi connectivity index (χ4v) is 4.58. The molecule has 2 aliphatic heterocycles. The van der Waals surface area contributed by atoms with Crippen LogP contribution in [0.3, 0.4) is 0 Å². The van der Waals surface area contributed by atoms with Crippen molar-refractivity contribution in [3.63, 3.8) is 0 Å². The number of carboxylic acids is 1. The Labute approximate surface area is 223 Å². The van der Waals surface area contributed by atoms with Crippen LogP contribution in [0, 0.1) is 17.2 Å². The minimum atomic E-state index is -0.780. The zero-order chi connectivity index (χ0) is 26.8. The first-order valence-electron chi connectivity index (χ1n) is 12.6. The lowest BCUT2D eigenvalue weighted by atomic mass is 10.0. The summed E-state index contributed by atoms with van der Waals surface area (Å²) in [5, 5.41) is 30.5. The van der Waals surface area contributed by atoms with E-state index < -0.39 is 5.97 Å². The quantitative estimate of drug-likeness (QED) is 0.350. The van der Waals surface area contributed by atoms with E-state index in [1.54, 1.807) is 23.0 Å². The van der Waals surface area contributed by atoms with Crippen LogP contribution in [0.1, 0.15) is 17.7 Å². The minimum absolute atomic E-state index is 0.116. The van der Waals surface area contributed by atoms with E-state index >= 15 is 0 Å². The molecule has 2 aliphatic rings. The Morgan fingerprint density at radius 2 is 1.95 bits per heavy atom. The molecule has 5 heterocycles. The predicted molar refractivity (Wildman–Crippen MR) is 141 cm³/mol. The highest BCUT2D eigenvalue weighted by Crippen LogP contribution is 2.26. The van der Waals surface area contributed by atoms with Gasteiger partial charge in [-0.3, -0.25) is 4.79 Å². The van der Waals surface area contributed by atoms with Crippen LogP contribution in [-0.4, -0.2) is 73.4 Å². The molecule has 1 atom stereocenters. The molecule has 4 aromatic rings. The third-order valence-electron chi connectivity index (χ3n) is 6.75. The van der Waals surface area contributed by atoms with Crippen molar-refractivity contribution in [1.82, 2.24) is 29.9 Å². The van der Waals surface area contributed by atoms with Crippen molar-refractivity contribution < 1.29 is 14.6 Å². The molecule has 0 spiro atoms. The summed E-state index contributed by atoms with van der Waals surface area (Å²) in [6, 6.07) is 17.1. The average Bonchev–Trinajstić information content (AvgIpc) is 3.60. The largest absolute Gasteiger partial charge is 0.481 e.